The van der Waals surface area contributed by atoms with Crippen molar-refractivity contribution >= 4 is 17.5 Å². The summed E-state index contributed by atoms with van der Waals surface area (Å²) in [4.78, 5) is 28.6. The Morgan fingerprint density at radius 2 is 1.93 bits per heavy atom. The largest absolute Gasteiger partial charge is 0.497 e. The number of amides is 2. The van der Waals surface area contributed by atoms with E-state index in [0.29, 0.717) is 24.6 Å². The Bertz CT molecular complexity index is 890. The number of benzene rings is 2. The average molecular weight is 394 g/mol. The van der Waals surface area contributed by atoms with E-state index in [1.165, 1.54) is 5.56 Å². The van der Waals surface area contributed by atoms with Crippen molar-refractivity contribution in [3.8, 4) is 11.5 Å². The number of rotatable bonds is 5. The van der Waals surface area contributed by atoms with Crippen LogP contribution in [0.1, 0.15) is 30.7 Å². The van der Waals surface area contributed by atoms with E-state index in [2.05, 4.69) is 12.1 Å². The fourth-order valence-corrected chi connectivity index (χ4v) is 4.12. The van der Waals surface area contributed by atoms with Crippen molar-refractivity contribution in [1.29, 1.82) is 0 Å². The van der Waals surface area contributed by atoms with Crippen LogP contribution in [0.15, 0.2) is 48.5 Å². The lowest BCUT2D eigenvalue weighted by Gasteiger charge is -2.33. The number of hydrogen-bond acceptors (Lipinski definition) is 4. The number of hydrogen-bond donors (Lipinski definition) is 0. The second-order valence-corrected chi connectivity index (χ2v) is 7.48. The van der Waals surface area contributed by atoms with Crippen LogP contribution in [-0.4, -0.2) is 50.1 Å². The molecule has 2 aliphatic heterocycles. The summed E-state index contributed by atoms with van der Waals surface area (Å²) in [6.07, 6.45) is 2.21. The Morgan fingerprint density at radius 1 is 1.14 bits per heavy atom. The molecule has 2 aromatic carbocycles. The average Bonchev–Trinajstić information content (AvgIpc) is 2.78. The second-order valence-electron chi connectivity index (χ2n) is 7.48. The van der Waals surface area contributed by atoms with E-state index in [4.69, 9.17) is 9.47 Å². The molecule has 0 bridgehead atoms. The number of likely N-dealkylation sites (tertiary alicyclic amines) is 1. The van der Waals surface area contributed by atoms with Crippen LogP contribution in [0.3, 0.4) is 0 Å². The second kappa shape index (κ2) is 8.55. The minimum absolute atomic E-state index is 0.0249. The maximum Gasteiger partial charge on any atom is 0.265 e. The van der Waals surface area contributed by atoms with Crippen LogP contribution in [0.25, 0.3) is 0 Å². The van der Waals surface area contributed by atoms with Gasteiger partial charge in [-0.1, -0.05) is 24.3 Å². The van der Waals surface area contributed by atoms with Crippen molar-refractivity contribution in [1.82, 2.24) is 4.90 Å². The highest BCUT2D eigenvalue weighted by molar-refractivity contribution is 5.98. The molecule has 0 saturated carbocycles. The van der Waals surface area contributed by atoms with Gasteiger partial charge in [-0.05, 0) is 48.6 Å². The van der Waals surface area contributed by atoms with Crippen LogP contribution in [0, 0.1) is 0 Å². The van der Waals surface area contributed by atoms with Gasteiger partial charge in [0.05, 0.1) is 12.8 Å². The predicted octanol–water partition coefficient (Wildman–Crippen LogP) is 3.22. The molecule has 2 amide bonds. The molecule has 6 heteroatoms. The van der Waals surface area contributed by atoms with Crippen LogP contribution >= 0.6 is 0 Å². The molecule has 4 rings (SSSR count). The monoisotopic (exact) mass is 394 g/mol. The van der Waals surface area contributed by atoms with Gasteiger partial charge in [-0.25, -0.2) is 0 Å². The van der Waals surface area contributed by atoms with Crippen LogP contribution in [0.5, 0.6) is 11.5 Å². The van der Waals surface area contributed by atoms with Gasteiger partial charge in [-0.15, -0.1) is 0 Å². The van der Waals surface area contributed by atoms with Crippen molar-refractivity contribution in [2.75, 3.05) is 38.3 Å². The van der Waals surface area contributed by atoms with Crippen LogP contribution in [-0.2, 0) is 9.59 Å². The minimum atomic E-state index is -0.103. The Morgan fingerprint density at radius 3 is 2.72 bits per heavy atom. The number of piperidine rings is 1. The summed E-state index contributed by atoms with van der Waals surface area (Å²) in [6, 6.07) is 15.6. The molecule has 152 valence electrons. The van der Waals surface area contributed by atoms with E-state index < -0.39 is 0 Å². The van der Waals surface area contributed by atoms with Gasteiger partial charge < -0.3 is 19.3 Å². The zero-order valence-electron chi connectivity index (χ0n) is 16.7. The molecule has 2 aliphatic rings. The highest BCUT2D eigenvalue weighted by Crippen LogP contribution is 2.32. The van der Waals surface area contributed by atoms with Gasteiger partial charge >= 0.3 is 0 Å². The highest BCUT2D eigenvalue weighted by atomic mass is 16.5. The van der Waals surface area contributed by atoms with Crippen molar-refractivity contribution in [2.45, 2.75) is 25.2 Å². The van der Waals surface area contributed by atoms with E-state index in [1.54, 1.807) is 12.0 Å². The van der Waals surface area contributed by atoms with E-state index in [0.717, 1.165) is 37.4 Å². The number of nitrogens with zero attached hydrogens (tertiary/aromatic N) is 2. The molecule has 0 aliphatic carbocycles. The van der Waals surface area contributed by atoms with Gasteiger partial charge in [-0.3, -0.25) is 9.59 Å². The molecular weight excluding hydrogens is 368 g/mol. The van der Waals surface area contributed by atoms with Gasteiger partial charge in [0, 0.05) is 26.1 Å². The van der Waals surface area contributed by atoms with Gasteiger partial charge in [-0.2, -0.15) is 0 Å². The Hall–Kier alpha value is -3.02. The van der Waals surface area contributed by atoms with E-state index >= 15 is 0 Å². The number of anilines is 1. The fourth-order valence-electron chi connectivity index (χ4n) is 4.12. The lowest BCUT2D eigenvalue weighted by Crippen LogP contribution is -2.43. The first kappa shape index (κ1) is 19.3. The van der Waals surface area contributed by atoms with Gasteiger partial charge in [0.1, 0.15) is 11.5 Å². The number of carbonyl (C=O) groups excluding carboxylic acids is 2. The molecule has 0 aromatic heterocycles. The van der Waals surface area contributed by atoms with Gasteiger partial charge in [0.15, 0.2) is 6.61 Å². The third kappa shape index (κ3) is 4.21. The molecule has 0 atom stereocenters. The van der Waals surface area contributed by atoms with E-state index in [1.807, 2.05) is 41.3 Å². The number of carbonyl (C=O) groups is 2. The lowest BCUT2D eigenvalue weighted by molar-refractivity contribution is -0.132. The zero-order chi connectivity index (χ0) is 20.2. The molecule has 0 unspecified atom stereocenters. The van der Waals surface area contributed by atoms with E-state index in [9.17, 15) is 9.59 Å². The molecule has 1 saturated heterocycles. The summed E-state index contributed by atoms with van der Waals surface area (Å²) in [5.74, 6) is 2.01. The SMILES string of the molecule is COc1cccc(C2CCN(C(=O)CCN3C(=O)COc4ccccc43)CC2)c1. The summed E-state index contributed by atoms with van der Waals surface area (Å²) in [7, 11) is 1.68. The molecule has 2 aromatic rings. The maximum absolute atomic E-state index is 12.7. The zero-order valence-corrected chi connectivity index (χ0v) is 16.7. The summed E-state index contributed by atoms with van der Waals surface area (Å²) in [5.41, 5.74) is 2.01. The highest BCUT2D eigenvalue weighted by Gasteiger charge is 2.28. The smallest absolute Gasteiger partial charge is 0.265 e. The van der Waals surface area contributed by atoms with Crippen LogP contribution in [0.2, 0.25) is 0 Å². The lowest BCUT2D eigenvalue weighted by atomic mass is 9.89. The van der Waals surface area contributed by atoms with Crippen molar-refractivity contribution in [3.05, 3.63) is 54.1 Å². The molecular formula is C23H26N2O4. The Kier molecular flexibility index (Phi) is 5.69. The Balaban J connectivity index is 1.32. The molecule has 0 N–H and O–H groups in total. The molecule has 0 radical (unpaired) electrons. The van der Waals surface area contributed by atoms with Crippen molar-refractivity contribution in [2.24, 2.45) is 0 Å². The summed E-state index contributed by atoms with van der Waals surface area (Å²) < 4.78 is 10.8. The molecule has 1 fully saturated rings. The normalized spacial score (nSPS) is 16.9. The predicted molar refractivity (Wildman–Crippen MR) is 110 cm³/mol. The summed E-state index contributed by atoms with van der Waals surface area (Å²) in [6.45, 7) is 1.90. The fraction of sp³-hybridized carbons (Fsp3) is 0.391. The first-order valence-corrected chi connectivity index (χ1v) is 10.1. The van der Waals surface area contributed by atoms with Crippen molar-refractivity contribution in [3.63, 3.8) is 0 Å². The molecule has 29 heavy (non-hydrogen) atoms. The van der Waals surface area contributed by atoms with E-state index in [-0.39, 0.29) is 18.4 Å². The molecule has 6 nitrogen and oxygen atoms in total. The third-order valence-electron chi connectivity index (χ3n) is 5.77. The summed E-state index contributed by atoms with van der Waals surface area (Å²) in [5, 5.41) is 0. The number of ether oxygens (including phenoxy) is 2. The topological polar surface area (TPSA) is 59.1 Å². The number of fused-ring (bicyclic) bond motifs is 1. The van der Waals surface area contributed by atoms with Crippen molar-refractivity contribution < 1.29 is 19.1 Å². The molecule has 2 heterocycles. The Labute approximate surface area is 171 Å². The van der Waals surface area contributed by atoms with Gasteiger partial charge in [0.25, 0.3) is 5.91 Å². The minimum Gasteiger partial charge on any atom is -0.497 e. The first-order valence-electron chi connectivity index (χ1n) is 10.1. The molecule has 0 spiro atoms. The maximum atomic E-state index is 12.7. The standard InChI is InChI=1S/C23H26N2O4/c1-28-19-6-4-5-18(15-19)17-9-12-24(13-10-17)22(26)11-14-25-20-7-2-3-8-21(20)29-16-23(25)27/h2-8,15,17H,9-14,16H2,1H3. The quantitative estimate of drug-likeness (QED) is 0.781. The third-order valence-corrected chi connectivity index (χ3v) is 5.77. The first-order chi connectivity index (χ1) is 14.2. The van der Waals surface area contributed by atoms with Crippen LogP contribution in [0.4, 0.5) is 5.69 Å². The van der Waals surface area contributed by atoms with Crippen LogP contribution < -0.4 is 14.4 Å². The summed E-state index contributed by atoms with van der Waals surface area (Å²) >= 11 is 0. The van der Waals surface area contributed by atoms with Gasteiger partial charge in [0.2, 0.25) is 5.91 Å². The number of para-hydroxylation sites is 2. The number of methoxy groups -OCH3 is 1.